The van der Waals surface area contributed by atoms with Gasteiger partial charge in [0.05, 0.1) is 10.4 Å². The van der Waals surface area contributed by atoms with Crippen LogP contribution in [-0.4, -0.2) is 61.1 Å². The van der Waals surface area contributed by atoms with Crippen LogP contribution in [0.2, 0.25) is 0 Å². The predicted octanol–water partition coefficient (Wildman–Crippen LogP) is 4.37. The second-order valence-electron chi connectivity index (χ2n) is 10.1. The van der Waals surface area contributed by atoms with Crippen LogP contribution >= 0.6 is 0 Å². The first-order chi connectivity index (χ1) is 17.9. The first-order valence-corrected chi connectivity index (χ1v) is 13.9. The molecular weight excluding hydrogens is 500 g/mol. The number of benzene rings is 2. The van der Waals surface area contributed by atoms with Crippen LogP contribution in [0.4, 0.5) is 0 Å². The van der Waals surface area contributed by atoms with E-state index in [1.807, 2.05) is 36.9 Å². The van der Waals surface area contributed by atoms with E-state index in [-0.39, 0.29) is 28.0 Å². The van der Waals surface area contributed by atoms with Gasteiger partial charge in [-0.3, -0.25) is 9.59 Å². The molecule has 1 aliphatic rings. The molecule has 0 spiro atoms. The molecular formula is C29H32N4O4S. The number of Topliss-reactive ketones (excluding diaryl/α,β-unsaturated/α-hetero) is 1. The lowest BCUT2D eigenvalue weighted by molar-refractivity contribution is -0.129. The molecule has 8 nitrogen and oxygen atoms in total. The predicted molar refractivity (Wildman–Crippen MR) is 146 cm³/mol. The Morgan fingerprint density at radius 2 is 1.68 bits per heavy atom. The molecule has 0 unspecified atom stereocenters. The summed E-state index contributed by atoms with van der Waals surface area (Å²) in [6.07, 6.45) is 2.93. The van der Waals surface area contributed by atoms with Gasteiger partial charge in [0.1, 0.15) is 17.3 Å². The summed E-state index contributed by atoms with van der Waals surface area (Å²) in [5.74, 6) is -0.458. The molecule has 1 aromatic heterocycles. The van der Waals surface area contributed by atoms with Crippen LogP contribution in [0.3, 0.4) is 0 Å². The van der Waals surface area contributed by atoms with E-state index < -0.39 is 15.8 Å². The van der Waals surface area contributed by atoms with Crippen molar-refractivity contribution in [3.05, 3.63) is 76.6 Å². The van der Waals surface area contributed by atoms with Crippen molar-refractivity contribution in [1.29, 1.82) is 5.26 Å². The van der Waals surface area contributed by atoms with Gasteiger partial charge >= 0.3 is 0 Å². The Morgan fingerprint density at radius 3 is 2.24 bits per heavy atom. The quantitative estimate of drug-likeness (QED) is 0.265. The van der Waals surface area contributed by atoms with Gasteiger partial charge in [0.2, 0.25) is 11.7 Å². The summed E-state index contributed by atoms with van der Waals surface area (Å²) in [5.41, 5.74) is 3.05. The average Bonchev–Trinajstić information content (AvgIpc) is 3.25. The molecule has 4 rings (SSSR count). The Balaban J connectivity index is 1.94. The first kappa shape index (κ1) is 27.1. The van der Waals surface area contributed by atoms with Gasteiger partial charge in [0, 0.05) is 45.7 Å². The molecule has 0 aliphatic carbocycles. The van der Waals surface area contributed by atoms with Crippen LogP contribution in [0.25, 0.3) is 10.9 Å². The lowest BCUT2D eigenvalue weighted by atomic mass is 9.86. The molecule has 1 fully saturated rings. The van der Waals surface area contributed by atoms with Crippen molar-refractivity contribution in [1.82, 2.24) is 13.8 Å². The van der Waals surface area contributed by atoms with Crippen LogP contribution in [0, 0.1) is 25.2 Å². The van der Waals surface area contributed by atoms with E-state index in [2.05, 4.69) is 0 Å². The number of nitrogens with zero attached hydrogens (tertiary/aromatic N) is 4. The number of hydrogen-bond donors (Lipinski definition) is 0. The monoisotopic (exact) mass is 532 g/mol. The van der Waals surface area contributed by atoms with E-state index in [0.29, 0.717) is 24.0 Å². The molecule has 3 aromatic rings. The highest BCUT2D eigenvalue weighted by Gasteiger charge is 2.30. The molecule has 1 saturated heterocycles. The molecule has 38 heavy (non-hydrogen) atoms. The standard InChI is InChI=1S/C29H32N4O4S/c1-19-6-8-25(9-7-19)38(36,37)33-27-16-26(22-10-12-32(13-11-22)21(3)34)20(2)14-23(27)15-28(33)29(35)24(17-30)18-31(4)5/h6-9,14-16,18,22H,10-13H2,1-5H3/b24-18+. The van der Waals surface area contributed by atoms with Crippen molar-refractivity contribution in [2.45, 2.75) is 44.4 Å². The minimum Gasteiger partial charge on any atom is -0.382 e. The Bertz CT molecular complexity index is 1580. The Kier molecular flexibility index (Phi) is 7.47. The zero-order valence-electron chi connectivity index (χ0n) is 22.4. The largest absolute Gasteiger partial charge is 0.382 e. The van der Waals surface area contributed by atoms with Crippen LogP contribution in [0.15, 0.2) is 59.1 Å². The van der Waals surface area contributed by atoms with E-state index >= 15 is 0 Å². The molecule has 0 saturated carbocycles. The molecule has 198 valence electrons. The van der Waals surface area contributed by atoms with Gasteiger partial charge in [-0.05, 0) is 74.1 Å². The second kappa shape index (κ2) is 10.5. The van der Waals surface area contributed by atoms with Gasteiger partial charge in [-0.15, -0.1) is 0 Å². The van der Waals surface area contributed by atoms with Gasteiger partial charge in [0.15, 0.2) is 0 Å². The smallest absolute Gasteiger partial charge is 0.268 e. The number of likely N-dealkylation sites (tertiary alicyclic amines) is 1. The third kappa shape index (κ3) is 5.09. The lowest BCUT2D eigenvalue weighted by Gasteiger charge is -2.32. The number of aromatic nitrogens is 1. The molecule has 2 aromatic carbocycles. The van der Waals surface area contributed by atoms with Crippen LogP contribution in [0.1, 0.15) is 52.9 Å². The van der Waals surface area contributed by atoms with Gasteiger partial charge in [-0.1, -0.05) is 17.7 Å². The topological polar surface area (TPSA) is 103 Å². The summed E-state index contributed by atoms with van der Waals surface area (Å²) >= 11 is 0. The second-order valence-corrected chi connectivity index (χ2v) is 11.9. The number of hydrogen-bond acceptors (Lipinski definition) is 6. The molecule has 0 radical (unpaired) electrons. The fraction of sp³-hybridized carbons (Fsp3) is 0.345. The van der Waals surface area contributed by atoms with Crippen molar-refractivity contribution in [2.24, 2.45) is 0 Å². The zero-order valence-corrected chi connectivity index (χ0v) is 23.2. The van der Waals surface area contributed by atoms with E-state index in [9.17, 15) is 23.3 Å². The normalized spacial score (nSPS) is 14.9. The average molecular weight is 533 g/mol. The number of allylic oxidation sites excluding steroid dienone is 1. The molecule has 0 atom stereocenters. The van der Waals surface area contributed by atoms with Crippen molar-refractivity contribution in [2.75, 3.05) is 27.2 Å². The molecule has 1 aliphatic heterocycles. The zero-order chi connectivity index (χ0) is 27.8. The number of amides is 1. The summed E-state index contributed by atoms with van der Waals surface area (Å²) in [5, 5.41) is 10.3. The number of carbonyl (C=O) groups is 2. The molecule has 1 amide bonds. The number of rotatable bonds is 6. The van der Waals surface area contributed by atoms with Crippen molar-refractivity contribution < 1.29 is 18.0 Å². The Labute approximate surface area is 223 Å². The summed E-state index contributed by atoms with van der Waals surface area (Å²) in [7, 11) is -0.791. The van der Waals surface area contributed by atoms with Gasteiger partial charge in [-0.25, -0.2) is 12.4 Å². The summed E-state index contributed by atoms with van der Waals surface area (Å²) in [6.45, 7) is 6.70. The number of fused-ring (bicyclic) bond motifs is 1. The molecule has 0 bridgehead atoms. The van der Waals surface area contributed by atoms with E-state index in [1.165, 1.54) is 18.3 Å². The molecule has 2 heterocycles. The highest BCUT2D eigenvalue weighted by atomic mass is 32.2. The SMILES string of the molecule is CC(=O)N1CCC(c2cc3c(cc2C)cc(C(=O)/C(C#N)=C/N(C)C)n3S(=O)(=O)c2ccc(C)cc2)CC1. The van der Waals surface area contributed by atoms with E-state index in [1.54, 1.807) is 44.1 Å². The number of nitriles is 1. The highest BCUT2D eigenvalue weighted by Crippen LogP contribution is 2.36. The summed E-state index contributed by atoms with van der Waals surface area (Å²) in [4.78, 5) is 28.8. The number of aryl methyl sites for hydroxylation is 2. The Morgan fingerprint density at radius 1 is 1.05 bits per heavy atom. The molecule has 0 N–H and O–H groups in total. The minimum absolute atomic E-state index is 0.0518. The van der Waals surface area contributed by atoms with E-state index in [4.69, 9.17) is 0 Å². The van der Waals surface area contributed by atoms with Crippen LogP contribution < -0.4 is 0 Å². The van der Waals surface area contributed by atoms with E-state index in [0.717, 1.165) is 33.5 Å². The highest BCUT2D eigenvalue weighted by molar-refractivity contribution is 7.90. The van der Waals surface area contributed by atoms with Gasteiger partial charge in [0.25, 0.3) is 10.0 Å². The first-order valence-electron chi connectivity index (χ1n) is 12.5. The molecule has 9 heteroatoms. The third-order valence-corrected chi connectivity index (χ3v) is 8.81. The van der Waals surface area contributed by atoms with Gasteiger partial charge < -0.3 is 9.80 Å². The number of carbonyl (C=O) groups excluding carboxylic acids is 2. The maximum absolute atomic E-state index is 14.0. The van der Waals surface area contributed by atoms with Crippen LogP contribution in [0.5, 0.6) is 0 Å². The van der Waals surface area contributed by atoms with Gasteiger partial charge in [-0.2, -0.15) is 5.26 Å². The minimum atomic E-state index is -4.17. The van der Waals surface area contributed by atoms with Crippen molar-refractivity contribution in [3.63, 3.8) is 0 Å². The fourth-order valence-electron chi connectivity index (χ4n) is 5.07. The Hall–Kier alpha value is -3.90. The number of ketones is 1. The van der Waals surface area contributed by atoms with Crippen LogP contribution in [-0.2, 0) is 14.8 Å². The maximum atomic E-state index is 14.0. The summed E-state index contributed by atoms with van der Waals surface area (Å²) < 4.78 is 29.1. The fourth-order valence-corrected chi connectivity index (χ4v) is 6.58. The summed E-state index contributed by atoms with van der Waals surface area (Å²) in [6, 6.07) is 13.7. The number of piperidine rings is 1. The lowest BCUT2D eigenvalue weighted by Crippen LogP contribution is -2.36. The van der Waals surface area contributed by atoms with Crippen molar-refractivity contribution >= 4 is 32.6 Å². The third-order valence-electron chi connectivity index (χ3n) is 7.07. The maximum Gasteiger partial charge on any atom is 0.268 e. The van der Waals surface area contributed by atoms with Crippen molar-refractivity contribution in [3.8, 4) is 6.07 Å².